The van der Waals surface area contributed by atoms with Crippen LogP contribution in [0.5, 0.6) is 0 Å². The van der Waals surface area contributed by atoms with E-state index in [9.17, 15) is 29.1 Å². The molecule has 1 atom stereocenters. The maximum Gasteiger partial charge on any atom is 0.407 e. The van der Waals surface area contributed by atoms with E-state index in [1.54, 1.807) is 37.4 Å². The Bertz CT molecular complexity index is 1560. The first kappa shape index (κ1) is 33.9. The van der Waals surface area contributed by atoms with E-state index in [4.69, 9.17) is 4.74 Å². The molecule has 1 aliphatic carbocycles. The van der Waals surface area contributed by atoms with Crippen molar-refractivity contribution in [2.75, 3.05) is 30.4 Å². The summed E-state index contributed by atoms with van der Waals surface area (Å²) >= 11 is 0. The standard InChI is InChI=1S/C33H42N6O7/c1-4-5-15-46-33(45)34-19-21-9-11-23(12-10-21)30(41)38-28(17-22-7-6-8-25(16-22)39(3)20(2)40)31(42)35-24-13-14-26-27(18-24)37-29(36-26)32(43)44/h6-8,13-14,16,18,21,23,28H,4-5,9-12,15,17,19H2,1-3H3,(H,34,45)(H,35,42)(H,36,37)(H,38,41)(H,43,44)/t21?,23?,28-/m0/s1. The summed E-state index contributed by atoms with van der Waals surface area (Å²) in [6.07, 6.45) is 4.28. The van der Waals surface area contributed by atoms with Crippen molar-refractivity contribution in [3.8, 4) is 0 Å². The zero-order chi connectivity index (χ0) is 33.2. The van der Waals surface area contributed by atoms with E-state index in [0.29, 0.717) is 48.4 Å². The fourth-order valence-electron chi connectivity index (χ4n) is 5.44. The van der Waals surface area contributed by atoms with Crippen LogP contribution in [0, 0.1) is 11.8 Å². The highest BCUT2D eigenvalue weighted by Gasteiger charge is 2.30. The van der Waals surface area contributed by atoms with Crippen LogP contribution in [0.15, 0.2) is 42.5 Å². The van der Waals surface area contributed by atoms with Gasteiger partial charge in [-0.05, 0) is 73.9 Å². The van der Waals surface area contributed by atoms with Crippen LogP contribution in [-0.4, -0.2) is 71.1 Å². The van der Waals surface area contributed by atoms with Gasteiger partial charge in [0.1, 0.15) is 6.04 Å². The Hall–Kier alpha value is -4.94. The summed E-state index contributed by atoms with van der Waals surface area (Å²) in [6, 6.07) is 11.1. The Morgan fingerprint density at radius 1 is 1.09 bits per heavy atom. The number of rotatable bonds is 13. The number of hydrogen-bond acceptors (Lipinski definition) is 7. The molecule has 1 aliphatic rings. The van der Waals surface area contributed by atoms with Crippen molar-refractivity contribution in [1.82, 2.24) is 20.6 Å². The number of aromatic carboxylic acids is 1. The highest BCUT2D eigenvalue weighted by molar-refractivity contribution is 5.99. The second kappa shape index (κ2) is 15.9. The molecule has 4 rings (SSSR count). The maximum absolute atomic E-state index is 13.6. The number of aromatic amines is 1. The summed E-state index contributed by atoms with van der Waals surface area (Å²) in [5.74, 6) is -2.27. The molecule has 0 bridgehead atoms. The van der Waals surface area contributed by atoms with E-state index < -0.39 is 24.0 Å². The van der Waals surface area contributed by atoms with Crippen LogP contribution in [0.2, 0.25) is 0 Å². The number of imidazole rings is 1. The monoisotopic (exact) mass is 634 g/mol. The summed E-state index contributed by atoms with van der Waals surface area (Å²) in [6.45, 7) is 4.37. The summed E-state index contributed by atoms with van der Waals surface area (Å²) in [5, 5.41) is 17.9. The Kier molecular flexibility index (Phi) is 11.7. The minimum absolute atomic E-state index is 0.140. The van der Waals surface area contributed by atoms with E-state index in [1.165, 1.54) is 11.8 Å². The third kappa shape index (κ3) is 9.29. The number of hydrogen-bond donors (Lipinski definition) is 5. The van der Waals surface area contributed by atoms with Gasteiger partial charge in [0.15, 0.2) is 0 Å². The molecule has 5 N–H and O–H groups in total. The molecule has 13 heteroatoms. The van der Waals surface area contributed by atoms with Crippen molar-refractivity contribution >= 4 is 52.2 Å². The van der Waals surface area contributed by atoms with Gasteiger partial charge in [-0.1, -0.05) is 25.5 Å². The molecule has 1 saturated carbocycles. The van der Waals surface area contributed by atoms with Crippen molar-refractivity contribution in [2.24, 2.45) is 11.8 Å². The van der Waals surface area contributed by atoms with Crippen LogP contribution in [0.4, 0.5) is 16.2 Å². The zero-order valence-corrected chi connectivity index (χ0v) is 26.4. The van der Waals surface area contributed by atoms with Crippen LogP contribution < -0.4 is 20.9 Å². The van der Waals surface area contributed by atoms with Gasteiger partial charge in [0, 0.05) is 44.2 Å². The third-order valence-electron chi connectivity index (χ3n) is 8.28. The summed E-state index contributed by atoms with van der Waals surface area (Å²) in [5.41, 5.74) is 2.70. The molecule has 46 heavy (non-hydrogen) atoms. The number of ether oxygens (including phenoxy) is 1. The van der Waals surface area contributed by atoms with Gasteiger partial charge in [-0.25, -0.2) is 14.6 Å². The minimum atomic E-state index is -1.20. The van der Waals surface area contributed by atoms with Crippen molar-refractivity contribution in [1.29, 1.82) is 0 Å². The second-order valence-electron chi connectivity index (χ2n) is 11.7. The molecule has 1 fully saturated rings. The first-order valence-corrected chi connectivity index (χ1v) is 15.6. The molecule has 0 unspecified atom stereocenters. The number of alkyl carbamates (subject to hydrolysis) is 1. The summed E-state index contributed by atoms with van der Waals surface area (Å²) in [4.78, 5) is 70.5. The molecule has 0 saturated heterocycles. The fraction of sp³-hybridized carbons (Fsp3) is 0.455. The predicted molar refractivity (Wildman–Crippen MR) is 173 cm³/mol. The number of carbonyl (C=O) groups is 5. The lowest BCUT2D eigenvalue weighted by Gasteiger charge is -2.29. The number of aromatic nitrogens is 2. The Morgan fingerprint density at radius 2 is 1.85 bits per heavy atom. The lowest BCUT2D eigenvalue weighted by atomic mass is 9.81. The van der Waals surface area contributed by atoms with Gasteiger partial charge in [0.25, 0.3) is 0 Å². The molecule has 0 spiro atoms. The quantitative estimate of drug-likeness (QED) is 0.173. The number of nitrogens with zero attached hydrogens (tertiary/aromatic N) is 2. The predicted octanol–water partition coefficient (Wildman–Crippen LogP) is 4.24. The molecule has 1 aromatic heterocycles. The average molecular weight is 635 g/mol. The first-order valence-electron chi connectivity index (χ1n) is 15.6. The number of nitrogens with one attached hydrogen (secondary N) is 4. The highest BCUT2D eigenvalue weighted by atomic mass is 16.5. The molecule has 13 nitrogen and oxygen atoms in total. The molecule has 0 radical (unpaired) electrons. The van der Waals surface area contributed by atoms with Gasteiger partial charge in [-0.15, -0.1) is 0 Å². The number of amides is 4. The highest BCUT2D eigenvalue weighted by Crippen LogP contribution is 2.29. The van der Waals surface area contributed by atoms with Crippen molar-refractivity contribution in [3.05, 3.63) is 53.9 Å². The first-order chi connectivity index (χ1) is 22.0. The SMILES string of the molecule is CCCCOC(=O)NCC1CCC(C(=O)N[C@@H](Cc2cccc(N(C)C(C)=O)c2)C(=O)Nc2ccc3nc(C(=O)O)[nH]c3c2)CC1. The maximum atomic E-state index is 13.6. The molecule has 2 aromatic carbocycles. The number of carboxylic acid groups (broad SMARTS) is 1. The molecule has 1 heterocycles. The number of unbranched alkanes of at least 4 members (excludes halogenated alkanes) is 1. The van der Waals surface area contributed by atoms with Gasteiger partial charge < -0.3 is 35.7 Å². The van der Waals surface area contributed by atoms with Crippen LogP contribution in [0.1, 0.15) is 68.6 Å². The Balaban J connectivity index is 1.43. The normalized spacial score (nSPS) is 16.7. The van der Waals surface area contributed by atoms with E-state index in [1.807, 2.05) is 19.1 Å². The summed E-state index contributed by atoms with van der Waals surface area (Å²) in [7, 11) is 1.66. The lowest BCUT2D eigenvalue weighted by molar-refractivity contribution is -0.130. The number of fused-ring (bicyclic) bond motifs is 1. The Morgan fingerprint density at radius 3 is 2.54 bits per heavy atom. The van der Waals surface area contributed by atoms with Crippen LogP contribution in [0.3, 0.4) is 0 Å². The number of H-pyrrole nitrogens is 1. The van der Waals surface area contributed by atoms with Crippen molar-refractivity contribution < 1.29 is 33.8 Å². The van der Waals surface area contributed by atoms with E-state index in [-0.39, 0.29) is 35.9 Å². The molecular weight excluding hydrogens is 592 g/mol. The topological polar surface area (TPSA) is 183 Å². The van der Waals surface area contributed by atoms with Gasteiger partial charge >= 0.3 is 12.1 Å². The number of carboxylic acids is 1. The number of benzene rings is 2. The van der Waals surface area contributed by atoms with Crippen LogP contribution >= 0.6 is 0 Å². The average Bonchev–Trinajstić information content (AvgIpc) is 3.47. The van der Waals surface area contributed by atoms with E-state index in [2.05, 4.69) is 25.9 Å². The molecule has 0 aliphatic heterocycles. The lowest BCUT2D eigenvalue weighted by Crippen LogP contribution is -2.48. The van der Waals surface area contributed by atoms with Gasteiger partial charge in [0.05, 0.1) is 17.6 Å². The smallest absolute Gasteiger partial charge is 0.407 e. The largest absolute Gasteiger partial charge is 0.475 e. The van der Waals surface area contributed by atoms with Crippen LogP contribution in [-0.2, 0) is 25.5 Å². The number of carbonyl (C=O) groups excluding carboxylic acids is 4. The molecule has 3 aromatic rings. The molecular formula is C33H42N6O7. The molecule has 4 amide bonds. The Labute approximate surface area is 267 Å². The third-order valence-corrected chi connectivity index (χ3v) is 8.28. The second-order valence-corrected chi connectivity index (χ2v) is 11.7. The van der Waals surface area contributed by atoms with Crippen LogP contribution in [0.25, 0.3) is 11.0 Å². The van der Waals surface area contributed by atoms with Crippen molar-refractivity contribution in [2.45, 2.75) is 64.8 Å². The van der Waals surface area contributed by atoms with Gasteiger partial charge in [-0.3, -0.25) is 14.4 Å². The van der Waals surface area contributed by atoms with Gasteiger partial charge in [0.2, 0.25) is 23.5 Å². The summed E-state index contributed by atoms with van der Waals surface area (Å²) < 4.78 is 5.15. The zero-order valence-electron chi connectivity index (χ0n) is 26.4. The number of anilines is 2. The van der Waals surface area contributed by atoms with E-state index >= 15 is 0 Å². The minimum Gasteiger partial charge on any atom is -0.475 e. The van der Waals surface area contributed by atoms with Crippen molar-refractivity contribution in [3.63, 3.8) is 0 Å². The van der Waals surface area contributed by atoms with E-state index in [0.717, 1.165) is 31.2 Å². The fourth-order valence-corrected chi connectivity index (χ4v) is 5.44. The van der Waals surface area contributed by atoms with Gasteiger partial charge in [-0.2, -0.15) is 0 Å². The molecule has 246 valence electrons.